The zero-order valence-corrected chi connectivity index (χ0v) is 10.2. The van der Waals surface area contributed by atoms with Crippen molar-refractivity contribution in [1.29, 1.82) is 0 Å². The molecule has 3 rings (SSSR count). The van der Waals surface area contributed by atoms with E-state index in [1.807, 2.05) is 31.2 Å². The first-order valence-corrected chi connectivity index (χ1v) is 5.70. The number of amides is 1. The molecule has 5 nitrogen and oxygen atoms in total. The normalized spacial score (nSPS) is 17.4. The highest BCUT2D eigenvalue weighted by Crippen LogP contribution is 2.32. The molecule has 92 valence electrons. The molecule has 1 amide bonds. The summed E-state index contributed by atoms with van der Waals surface area (Å²) in [6, 6.07) is 7.54. The van der Waals surface area contributed by atoms with E-state index in [-0.39, 0.29) is 11.9 Å². The van der Waals surface area contributed by atoms with E-state index in [1.165, 1.54) is 0 Å². The van der Waals surface area contributed by atoms with E-state index in [4.69, 9.17) is 4.74 Å². The van der Waals surface area contributed by atoms with Crippen LogP contribution in [0.4, 0.5) is 0 Å². The number of fused-ring (bicyclic) bond motifs is 1. The number of H-pyrrole nitrogens is 1. The van der Waals surface area contributed by atoms with Crippen LogP contribution < -0.4 is 10.1 Å². The average molecular weight is 243 g/mol. The number of hydrogen-bond acceptors (Lipinski definition) is 3. The molecule has 1 aromatic heterocycles. The molecule has 0 bridgehead atoms. The van der Waals surface area contributed by atoms with Gasteiger partial charge >= 0.3 is 0 Å². The minimum absolute atomic E-state index is 0.128. The lowest BCUT2D eigenvalue weighted by Crippen LogP contribution is -2.21. The number of benzene rings is 1. The lowest BCUT2D eigenvalue weighted by atomic mass is 10.0. The summed E-state index contributed by atoms with van der Waals surface area (Å²) in [5.74, 6) is 0.669. The summed E-state index contributed by atoms with van der Waals surface area (Å²) in [4.78, 5) is 11.8. The first kappa shape index (κ1) is 10.8. The third kappa shape index (κ3) is 1.48. The molecule has 2 N–H and O–H groups in total. The topological polar surface area (TPSA) is 67.0 Å². The summed E-state index contributed by atoms with van der Waals surface area (Å²) in [5.41, 5.74) is 3.37. The van der Waals surface area contributed by atoms with Crippen LogP contribution in [0.1, 0.15) is 33.4 Å². The van der Waals surface area contributed by atoms with Crippen LogP contribution in [0.5, 0.6) is 5.75 Å². The molecule has 2 heterocycles. The SMILES string of the molecule is COc1ccc(C2NC(=O)c3n[nH]c(C)c32)cc1. The number of ether oxygens (including phenoxy) is 1. The number of nitrogens with zero attached hydrogens (tertiary/aromatic N) is 1. The number of aromatic nitrogens is 2. The van der Waals surface area contributed by atoms with E-state index in [0.717, 1.165) is 22.6 Å². The summed E-state index contributed by atoms with van der Waals surface area (Å²) in [6.45, 7) is 1.92. The minimum atomic E-state index is -0.129. The quantitative estimate of drug-likeness (QED) is 0.841. The molecule has 1 aliphatic heterocycles. The van der Waals surface area contributed by atoms with Crippen LogP contribution >= 0.6 is 0 Å². The van der Waals surface area contributed by atoms with Gasteiger partial charge in [-0.1, -0.05) is 12.1 Å². The Morgan fingerprint density at radius 3 is 2.67 bits per heavy atom. The first-order chi connectivity index (χ1) is 8.70. The number of carbonyl (C=O) groups is 1. The number of nitrogens with one attached hydrogen (secondary N) is 2. The van der Waals surface area contributed by atoms with Crippen molar-refractivity contribution in [2.24, 2.45) is 0 Å². The molecule has 1 atom stereocenters. The third-order valence-corrected chi connectivity index (χ3v) is 3.22. The Labute approximate surface area is 104 Å². The number of hydrogen-bond donors (Lipinski definition) is 2. The summed E-state index contributed by atoms with van der Waals surface area (Å²) >= 11 is 0. The highest BCUT2D eigenvalue weighted by molar-refractivity contribution is 5.98. The van der Waals surface area contributed by atoms with Gasteiger partial charge in [-0.05, 0) is 24.6 Å². The lowest BCUT2D eigenvalue weighted by Gasteiger charge is -2.12. The van der Waals surface area contributed by atoms with Crippen LogP contribution in [0.15, 0.2) is 24.3 Å². The van der Waals surface area contributed by atoms with E-state index in [0.29, 0.717) is 5.69 Å². The van der Waals surface area contributed by atoms with E-state index < -0.39 is 0 Å². The van der Waals surface area contributed by atoms with Crippen LogP contribution in [0.2, 0.25) is 0 Å². The van der Waals surface area contributed by atoms with Crippen LogP contribution in [-0.2, 0) is 0 Å². The molecule has 1 aromatic carbocycles. The fraction of sp³-hybridized carbons (Fsp3) is 0.231. The smallest absolute Gasteiger partial charge is 0.272 e. The van der Waals surface area contributed by atoms with E-state index in [9.17, 15) is 4.79 Å². The molecule has 1 unspecified atom stereocenters. The second kappa shape index (κ2) is 3.87. The zero-order chi connectivity index (χ0) is 12.7. The summed E-state index contributed by atoms with van der Waals surface area (Å²) in [5, 5.41) is 9.81. The van der Waals surface area contributed by atoms with Crippen molar-refractivity contribution in [3.05, 3.63) is 46.8 Å². The van der Waals surface area contributed by atoms with E-state index in [1.54, 1.807) is 7.11 Å². The largest absolute Gasteiger partial charge is 0.497 e. The van der Waals surface area contributed by atoms with Gasteiger partial charge < -0.3 is 10.1 Å². The second-order valence-electron chi connectivity index (χ2n) is 4.29. The standard InChI is InChI=1S/C13H13N3O2/c1-7-10-11(14-13(17)12(10)16-15-7)8-3-5-9(18-2)6-4-8/h3-6,11H,1-2H3,(H,14,17)(H,15,16). The fourth-order valence-corrected chi connectivity index (χ4v) is 2.28. The monoisotopic (exact) mass is 243 g/mol. The average Bonchev–Trinajstić information content (AvgIpc) is 2.92. The Morgan fingerprint density at radius 2 is 2.00 bits per heavy atom. The molecule has 0 spiro atoms. The number of aromatic amines is 1. The molecular formula is C13H13N3O2. The zero-order valence-electron chi connectivity index (χ0n) is 10.2. The van der Waals surface area contributed by atoms with Crippen LogP contribution in [0.3, 0.4) is 0 Å². The van der Waals surface area contributed by atoms with Crippen LogP contribution in [0.25, 0.3) is 0 Å². The fourth-order valence-electron chi connectivity index (χ4n) is 2.28. The Balaban J connectivity index is 2.03. The highest BCUT2D eigenvalue weighted by atomic mass is 16.5. The van der Waals surface area contributed by atoms with Gasteiger partial charge in [-0.15, -0.1) is 0 Å². The number of carbonyl (C=O) groups excluding carboxylic acids is 1. The highest BCUT2D eigenvalue weighted by Gasteiger charge is 2.34. The Bertz CT molecular complexity index is 601. The molecular weight excluding hydrogens is 230 g/mol. The lowest BCUT2D eigenvalue weighted by molar-refractivity contribution is 0.0955. The molecule has 2 aromatic rings. The Hall–Kier alpha value is -2.30. The molecule has 0 fully saturated rings. The van der Waals surface area contributed by atoms with Gasteiger partial charge in [0.15, 0.2) is 5.69 Å². The predicted octanol–water partition coefficient (Wildman–Crippen LogP) is 1.56. The van der Waals surface area contributed by atoms with Crippen LogP contribution in [0, 0.1) is 6.92 Å². The number of rotatable bonds is 2. The molecule has 0 aliphatic carbocycles. The van der Waals surface area contributed by atoms with Gasteiger partial charge in [0.25, 0.3) is 5.91 Å². The molecule has 18 heavy (non-hydrogen) atoms. The molecule has 0 saturated heterocycles. The Morgan fingerprint density at radius 1 is 1.28 bits per heavy atom. The van der Waals surface area contributed by atoms with Crippen LogP contribution in [-0.4, -0.2) is 23.2 Å². The number of methoxy groups -OCH3 is 1. The van der Waals surface area contributed by atoms with E-state index >= 15 is 0 Å². The number of aryl methyl sites for hydroxylation is 1. The van der Waals surface area contributed by atoms with Crippen molar-refractivity contribution in [1.82, 2.24) is 15.5 Å². The van der Waals surface area contributed by atoms with Gasteiger partial charge in [0.1, 0.15) is 5.75 Å². The van der Waals surface area contributed by atoms with Gasteiger partial charge in [0.2, 0.25) is 0 Å². The summed E-state index contributed by atoms with van der Waals surface area (Å²) in [7, 11) is 1.63. The summed E-state index contributed by atoms with van der Waals surface area (Å²) in [6.07, 6.45) is 0. The molecule has 5 heteroatoms. The third-order valence-electron chi connectivity index (χ3n) is 3.22. The maximum atomic E-state index is 11.8. The maximum Gasteiger partial charge on any atom is 0.272 e. The van der Waals surface area contributed by atoms with Crippen molar-refractivity contribution in [3.63, 3.8) is 0 Å². The predicted molar refractivity (Wildman–Crippen MR) is 65.6 cm³/mol. The Kier molecular flexibility index (Phi) is 2.33. The maximum absolute atomic E-state index is 11.8. The minimum Gasteiger partial charge on any atom is -0.497 e. The summed E-state index contributed by atoms with van der Waals surface area (Å²) < 4.78 is 5.13. The van der Waals surface area contributed by atoms with Crippen molar-refractivity contribution in [3.8, 4) is 5.75 Å². The van der Waals surface area contributed by atoms with Crippen molar-refractivity contribution in [2.45, 2.75) is 13.0 Å². The van der Waals surface area contributed by atoms with Crippen molar-refractivity contribution in [2.75, 3.05) is 7.11 Å². The molecule has 1 aliphatic rings. The van der Waals surface area contributed by atoms with Gasteiger partial charge in [-0.3, -0.25) is 9.89 Å². The van der Waals surface area contributed by atoms with Gasteiger partial charge in [0, 0.05) is 11.3 Å². The van der Waals surface area contributed by atoms with E-state index in [2.05, 4.69) is 15.5 Å². The first-order valence-electron chi connectivity index (χ1n) is 5.70. The van der Waals surface area contributed by atoms with Gasteiger partial charge in [0.05, 0.1) is 13.2 Å². The molecule has 0 saturated carbocycles. The molecule has 0 radical (unpaired) electrons. The van der Waals surface area contributed by atoms with Crippen molar-refractivity contribution >= 4 is 5.91 Å². The van der Waals surface area contributed by atoms with Crippen molar-refractivity contribution < 1.29 is 9.53 Å². The van der Waals surface area contributed by atoms with Gasteiger partial charge in [-0.25, -0.2) is 0 Å². The van der Waals surface area contributed by atoms with Gasteiger partial charge in [-0.2, -0.15) is 5.10 Å². The second-order valence-corrected chi connectivity index (χ2v) is 4.29.